The third-order valence-corrected chi connectivity index (χ3v) is 1.20. The van der Waals surface area contributed by atoms with Gasteiger partial charge in [-0.25, -0.2) is 9.80 Å². The summed E-state index contributed by atoms with van der Waals surface area (Å²) in [6, 6.07) is 0. The van der Waals surface area contributed by atoms with Crippen molar-refractivity contribution >= 4 is 12.1 Å². The van der Waals surface area contributed by atoms with Gasteiger partial charge in [-0.1, -0.05) is 13.8 Å². The molecule has 6 nitrogen and oxygen atoms in total. The lowest BCUT2D eigenvalue weighted by Gasteiger charge is -2.15. The first-order valence-electron chi connectivity index (χ1n) is 4.28. The van der Waals surface area contributed by atoms with E-state index in [-0.39, 0.29) is 12.5 Å². The van der Waals surface area contributed by atoms with Gasteiger partial charge in [-0.05, 0) is 5.92 Å². The van der Waals surface area contributed by atoms with Gasteiger partial charge in [0.05, 0.1) is 6.61 Å². The van der Waals surface area contributed by atoms with Crippen molar-refractivity contribution in [1.82, 2.24) is 10.4 Å². The molecule has 0 bridgehead atoms. The number of nitrogens with one attached hydrogen (secondary N) is 1. The Hall–Kier alpha value is -1.30. The van der Waals surface area contributed by atoms with E-state index in [0.717, 1.165) is 5.01 Å². The molecule has 1 amide bonds. The molecule has 0 unspecified atom stereocenters. The van der Waals surface area contributed by atoms with Gasteiger partial charge in [0.2, 0.25) is 0 Å². The number of amides is 1. The number of rotatable bonds is 5. The summed E-state index contributed by atoms with van der Waals surface area (Å²) in [6.45, 7) is 3.87. The van der Waals surface area contributed by atoms with Crippen molar-refractivity contribution in [3.05, 3.63) is 0 Å². The van der Waals surface area contributed by atoms with Crippen molar-refractivity contribution in [2.75, 3.05) is 20.2 Å². The molecule has 0 saturated carbocycles. The SMILES string of the molecule is CC(C)COC(=O)NN(C)CC(=O)O. The highest BCUT2D eigenvalue weighted by Gasteiger charge is 2.09. The summed E-state index contributed by atoms with van der Waals surface area (Å²) in [5.41, 5.74) is 2.26. The molecule has 0 aromatic carbocycles. The zero-order valence-electron chi connectivity index (χ0n) is 8.61. The molecule has 0 aromatic heterocycles. The van der Waals surface area contributed by atoms with Gasteiger partial charge in [0, 0.05) is 7.05 Å². The van der Waals surface area contributed by atoms with Gasteiger partial charge in [0.25, 0.3) is 0 Å². The molecule has 82 valence electrons. The Labute approximate surface area is 82.8 Å². The third kappa shape index (κ3) is 7.35. The normalized spacial score (nSPS) is 10.4. The predicted molar refractivity (Wildman–Crippen MR) is 49.6 cm³/mol. The Morgan fingerprint density at radius 2 is 2.07 bits per heavy atom. The highest BCUT2D eigenvalue weighted by atomic mass is 16.6. The molecule has 0 fully saturated rings. The number of ether oxygens (including phenoxy) is 1. The topological polar surface area (TPSA) is 78.9 Å². The smallest absolute Gasteiger partial charge is 0.421 e. The first kappa shape index (κ1) is 12.7. The van der Waals surface area contributed by atoms with Crippen molar-refractivity contribution in [3.63, 3.8) is 0 Å². The van der Waals surface area contributed by atoms with E-state index in [1.54, 1.807) is 0 Å². The molecule has 0 aliphatic rings. The molecule has 2 N–H and O–H groups in total. The summed E-state index contributed by atoms with van der Waals surface area (Å²) in [5, 5.41) is 9.52. The molecule has 6 heteroatoms. The van der Waals surface area contributed by atoms with Gasteiger partial charge >= 0.3 is 12.1 Å². The van der Waals surface area contributed by atoms with Crippen molar-refractivity contribution in [3.8, 4) is 0 Å². The predicted octanol–water partition coefficient (Wildman–Crippen LogP) is 0.300. The Morgan fingerprint density at radius 3 is 2.50 bits per heavy atom. The molecule has 0 atom stereocenters. The van der Waals surface area contributed by atoms with Crippen LogP contribution in [0.2, 0.25) is 0 Å². The first-order chi connectivity index (χ1) is 6.41. The van der Waals surface area contributed by atoms with Crippen LogP contribution in [-0.2, 0) is 9.53 Å². The molecule has 0 aliphatic carbocycles. The Balaban J connectivity index is 3.66. The van der Waals surface area contributed by atoms with Gasteiger partial charge < -0.3 is 9.84 Å². The number of carboxylic acids is 1. The number of carbonyl (C=O) groups excluding carboxylic acids is 1. The summed E-state index contributed by atoms with van der Waals surface area (Å²) >= 11 is 0. The number of hydrazine groups is 1. The summed E-state index contributed by atoms with van der Waals surface area (Å²) in [5.74, 6) is -0.762. The number of hydrogen-bond donors (Lipinski definition) is 2. The minimum Gasteiger partial charge on any atom is -0.480 e. The number of hydrogen-bond acceptors (Lipinski definition) is 4. The van der Waals surface area contributed by atoms with Crippen LogP contribution in [-0.4, -0.2) is 42.4 Å². The average Bonchev–Trinajstić information content (AvgIpc) is 1.98. The minimum absolute atomic E-state index is 0.255. The second-order valence-electron chi connectivity index (χ2n) is 3.35. The molecule has 14 heavy (non-hydrogen) atoms. The van der Waals surface area contributed by atoms with Crippen LogP contribution in [0.1, 0.15) is 13.8 Å². The Morgan fingerprint density at radius 1 is 1.50 bits per heavy atom. The average molecular weight is 204 g/mol. The van der Waals surface area contributed by atoms with E-state index in [2.05, 4.69) is 5.43 Å². The highest BCUT2D eigenvalue weighted by Crippen LogP contribution is 1.92. The van der Waals surface area contributed by atoms with Crippen molar-refractivity contribution < 1.29 is 19.4 Å². The van der Waals surface area contributed by atoms with E-state index in [1.165, 1.54) is 7.05 Å². The highest BCUT2D eigenvalue weighted by molar-refractivity contribution is 5.70. The fraction of sp³-hybridized carbons (Fsp3) is 0.750. The van der Waals surface area contributed by atoms with E-state index >= 15 is 0 Å². The van der Waals surface area contributed by atoms with Gasteiger partial charge in [-0.15, -0.1) is 0 Å². The minimum atomic E-state index is -1.02. The molecule has 0 saturated heterocycles. The maximum atomic E-state index is 11.0. The van der Waals surface area contributed by atoms with Crippen LogP contribution in [0.4, 0.5) is 4.79 Å². The van der Waals surface area contributed by atoms with Crippen molar-refractivity contribution in [1.29, 1.82) is 0 Å². The molecule has 0 aromatic rings. The monoisotopic (exact) mass is 204 g/mol. The van der Waals surface area contributed by atoms with Crippen LogP contribution in [0.5, 0.6) is 0 Å². The Bertz CT molecular complexity index is 206. The van der Waals surface area contributed by atoms with Crippen LogP contribution in [0.15, 0.2) is 0 Å². The van der Waals surface area contributed by atoms with Gasteiger partial charge in [0.1, 0.15) is 6.54 Å². The van der Waals surface area contributed by atoms with Crippen molar-refractivity contribution in [2.45, 2.75) is 13.8 Å². The zero-order valence-corrected chi connectivity index (χ0v) is 8.61. The van der Waals surface area contributed by atoms with Crippen LogP contribution >= 0.6 is 0 Å². The summed E-state index contributed by atoms with van der Waals surface area (Å²) in [6.07, 6.45) is -0.637. The van der Waals surface area contributed by atoms with E-state index in [9.17, 15) is 9.59 Å². The fourth-order valence-electron chi connectivity index (χ4n) is 0.673. The molecule has 0 rings (SSSR count). The van der Waals surface area contributed by atoms with Gasteiger partial charge in [0.15, 0.2) is 0 Å². The van der Waals surface area contributed by atoms with Crippen LogP contribution in [0, 0.1) is 5.92 Å². The standard InChI is InChI=1S/C8H16N2O4/c1-6(2)5-14-8(13)9-10(3)4-7(11)12/h6H,4-5H2,1-3H3,(H,9,13)(H,11,12). The number of carbonyl (C=O) groups is 2. The van der Waals surface area contributed by atoms with E-state index in [1.807, 2.05) is 13.8 Å². The maximum Gasteiger partial charge on any atom is 0.421 e. The maximum absolute atomic E-state index is 11.0. The second kappa shape index (κ2) is 6.20. The largest absolute Gasteiger partial charge is 0.480 e. The molecule has 0 aliphatic heterocycles. The summed E-state index contributed by atoms with van der Waals surface area (Å²) < 4.78 is 4.77. The van der Waals surface area contributed by atoms with Crippen LogP contribution in [0.3, 0.4) is 0 Å². The molecule has 0 radical (unpaired) electrons. The number of aliphatic carboxylic acids is 1. The van der Waals surface area contributed by atoms with Crippen LogP contribution < -0.4 is 5.43 Å². The van der Waals surface area contributed by atoms with E-state index < -0.39 is 12.1 Å². The molecular weight excluding hydrogens is 188 g/mol. The Kier molecular flexibility index (Phi) is 5.62. The molecule has 0 heterocycles. The fourth-order valence-corrected chi connectivity index (χ4v) is 0.673. The van der Waals surface area contributed by atoms with Crippen LogP contribution in [0.25, 0.3) is 0 Å². The lowest BCUT2D eigenvalue weighted by molar-refractivity contribution is -0.138. The van der Waals surface area contributed by atoms with E-state index in [0.29, 0.717) is 6.61 Å². The van der Waals surface area contributed by atoms with Crippen molar-refractivity contribution in [2.24, 2.45) is 5.92 Å². The summed E-state index contributed by atoms with van der Waals surface area (Å²) in [7, 11) is 1.45. The lowest BCUT2D eigenvalue weighted by atomic mass is 10.2. The molecule has 0 spiro atoms. The quantitative estimate of drug-likeness (QED) is 0.630. The summed E-state index contributed by atoms with van der Waals surface area (Å²) in [4.78, 5) is 21.2. The lowest BCUT2D eigenvalue weighted by Crippen LogP contribution is -2.42. The third-order valence-electron chi connectivity index (χ3n) is 1.20. The zero-order chi connectivity index (χ0) is 11.1. The number of carboxylic acid groups (broad SMARTS) is 1. The number of nitrogens with zero attached hydrogens (tertiary/aromatic N) is 1. The first-order valence-corrected chi connectivity index (χ1v) is 4.28. The van der Waals surface area contributed by atoms with Gasteiger partial charge in [-0.3, -0.25) is 10.2 Å². The van der Waals surface area contributed by atoms with E-state index in [4.69, 9.17) is 9.84 Å². The van der Waals surface area contributed by atoms with Gasteiger partial charge in [-0.2, -0.15) is 0 Å². The second-order valence-corrected chi connectivity index (χ2v) is 3.35. The molecular formula is C8H16N2O4. The number of likely N-dealkylation sites (N-methyl/N-ethyl adjacent to an activating group) is 1.